The van der Waals surface area contributed by atoms with E-state index in [0.29, 0.717) is 0 Å². The predicted octanol–water partition coefficient (Wildman–Crippen LogP) is 3.57. The lowest BCUT2D eigenvalue weighted by molar-refractivity contribution is -0.385. The fourth-order valence-electron chi connectivity index (χ4n) is 2.69. The molecule has 0 aromatic heterocycles. The highest BCUT2D eigenvalue weighted by molar-refractivity contribution is 7.92. The van der Waals surface area contributed by atoms with Gasteiger partial charge < -0.3 is 4.74 Å². The summed E-state index contributed by atoms with van der Waals surface area (Å²) in [4.78, 5) is 34.3. The topological polar surface area (TPSA) is 133 Å². The molecule has 0 amide bonds. The molecule has 0 aliphatic carbocycles. The van der Waals surface area contributed by atoms with Crippen molar-refractivity contribution in [3.05, 3.63) is 99.9 Å². The highest BCUT2D eigenvalue weighted by Crippen LogP contribution is 2.23. The summed E-state index contributed by atoms with van der Waals surface area (Å²) in [6.45, 7) is -0.758. The highest BCUT2D eigenvalue weighted by atomic mass is 32.2. The Balaban J connectivity index is 1.79. The summed E-state index contributed by atoms with van der Waals surface area (Å²) in [5, 5.41) is 10.9. The van der Waals surface area contributed by atoms with Crippen LogP contribution in [0.15, 0.2) is 77.7 Å². The molecule has 3 rings (SSSR count). The van der Waals surface area contributed by atoms with Gasteiger partial charge in [0.1, 0.15) is 5.82 Å². The Labute approximate surface area is 181 Å². The third-order valence-electron chi connectivity index (χ3n) is 4.24. The standard InChI is InChI=1S/C21H15FN2O7S/c22-18-10-3-1-8-16(18)20(25)13-31-21(26)17-9-2-4-11-19(17)23-32(29,30)15-7-5-6-14(12-15)24(27)28/h1-12,23H,13H2. The van der Waals surface area contributed by atoms with Gasteiger partial charge in [-0.3, -0.25) is 19.6 Å². The Morgan fingerprint density at radius 2 is 1.62 bits per heavy atom. The fourth-order valence-corrected chi connectivity index (χ4v) is 3.81. The SMILES string of the molecule is O=C(COC(=O)c1ccccc1NS(=O)(=O)c1cccc([N+](=O)[O-])c1)c1ccccc1F. The van der Waals surface area contributed by atoms with Gasteiger partial charge in [0, 0.05) is 12.1 Å². The molecule has 3 aromatic carbocycles. The normalized spacial score (nSPS) is 10.9. The van der Waals surface area contributed by atoms with Gasteiger partial charge in [0.25, 0.3) is 15.7 Å². The van der Waals surface area contributed by atoms with E-state index in [1.807, 2.05) is 0 Å². The molecule has 0 unspecified atom stereocenters. The number of Topliss-reactive ketones (excluding diaryl/α,β-unsaturated/α-hetero) is 1. The molecule has 11 heteroatoms. The number of carbonyl (C=O) groups excluding carboxylic acids is 2. The van der Waals surface area contributed by atoms with E-state index >= 15 is 0 Å². The molecule has 0 heterocycles. The number of ketones is 1. The van der Waals surface area contributed by atoms with Gasteiger partial charge in [-0.15, -0.1) is 0 Å². The van der Waals surface area contributed by atoms with Crippen molar-refractivity contribution in [1.82, 2.24) is 0 Å². The second-order valence-electron chi connectivity index (χ2n) is 6.38. The first-order valence-corrected chi connectivity index (χ1v) is 10.5. The summed E-state index contributed by atoms with van der Waals surface area (Å²) in [5.74, 6) is -2.56. The van der Waals surface area contributed by atoms with E-state index in [1.54, 1.807) is 0 Å². The second-order valence-corrected chi connectivity index (χ2v) is 8.07. The fraction of sp³-hybridized carbons (Fsp3) is 0.0476. The van der Waals surface area contributed by atoms with Crippen LogP contribution in [0.4, 0.5) is 15.8 Å². The van der Waals surface area contributed by atoms with E-state index in [0.717, 1.165) is 24.3 Å². The Morgan fingerprint density at radius 3 is 2.31 bits per heavy atom. The van der Waals surface area contributed by atoms with Gasteiger partial charge in [0.15, 0.2) is 6.61 Å². The van der Waals surface area contributed by atoms with Crippen LogP contribution in [0.3, 0.4) is 0 Å². The molecule has 0 saturated heterocycles. The van der Waals surface area contributed by atoms with Gasteiger partial charge >= 0.3 is 5.97 Å². The summed E-state index contributed by atoms with van der Waals surface area (Å²) in [6.07, 6.45) is 0. The van der Waals surface area contributed by atoms with Crippen molar-refractivity contribution in [1.29, 1.82) is 0 Å². The predicted molar refractivity (Wildman–Crippen MR) is 111 cm³/mol. The number of hydrogen-bond acceptors (Lipinski definition) is 7. The molecule has 0 aliphatic heterocycles. The number of nitrogens with one attached hydrogen (secondary N) is 1. The molecule has 0 spiro atoms. The van der Waals surface area contributed by atoms with Gasteiger partial charge in [-0.2, -0.15) is 0 Å². The molecule has 0 radical (unpaired) electrons. The maximum atomic E-state index is 13.7. The number of sulfonamides is 1. The van der Waals surface area contributed by atoms with E-state index in [1.165, 1.54) is 48.5 Å². The van der Waals surface area contributed by atoms with Crippen LogP contribution in [0.5, 0.6) is 0 Å². The maximum Gasteiger partial charge on any atom is 0.340 e. The van der Waals surface area contributed by atoms with Crippen LogP contribution < -0.4 is 4.72 Å². The molecule has 9 nitrogen and oxygen atoms in total. The molecule has 0 fully saturated rings. The number of non-ortho nitro benzene ring substituents is 1. The summed E-state index contributed by atoms with van der Waals surface area (Å²) in [6, 6.07) is 15.0. The molecule has 1 N–H and O–H groups in total. The Bertz CT molecular complexity index is 1310. The molecular weight excluding hydrogens is 443 g/mol. The number of esters is 1. The quantitative estimate of drug-likeness (QED) is 0.236. The number of benzene rings is 3. The van der Waals surface area contributed by atoms with Gasteiger partial charge in [-0.05, 0) is 30.3 Å². The van der Waals surface area contributed by atoms with Gasteiger partial charge in [0.2, 0.25) is 5.78 Å². The average molecular weight is 458 g/mol. The van der Waals surface area contributed by atoms with Crippen LogP contribution >= 0.6 is 0 Å². The lowest BCUT2D eigenvalue weighted by Crippen LogP contribution is -2.19. The average Bonchev–Trinajstić information content (AvgIpc) is 2.77. The molecule has 0 bridgehead atoms. The molecule has 0 atom stereocenters. The van der Waals surface area contributed by atoms with E-state index in [4.69, 9.17) is 4.74 Å². The number of rotatable bonds is 8. The number of carbonyl (C=O) groups is 2. The summed E-state index contributed by atoms with van der Waals surface area (Å²) >= 11 is 0. The van der Waals surface area contributed by atoms with Crippen LogP contribution in [0.2, 0.25) is 0 Å². The molecular formula is C21H15FN2O7S. The highest BCUT2D eigenvalue weighted by Gasteiger charge is 2.22. The van der Waals surface area contributed by atoms with E-state index in [9.17, 15) is 32.5 Å². The third-order valence-corrected chi connectivity index (χ3v) is 5.60. The van der Waals surface area contributed by atoms with Crippen molar-refractivity contribution < 1.29 is 32.1 Å². The van der Waals surface area contributed by atoms with Crippen LogP contribution in [-0.2, 0) is 14.8 Å². The Kier molecular flexibility index (Phi) is 6.59. The summed E-state index contributed by atoms with van der Waals surface area (Å²) in [5.41, 5.74) is -1.04. The van der Waals surface area contributed by atoms with Gasteiger partial charge in [0.05, 0.1) is 26.6 Å². The lowest BCUT2D eigenvalue weighted by atomic mass is 10.1. The first kappa shape index (κ1) is 22.6. The van der Waals surface area contributed by atoms with Crippen molar-refractivity contribution in [2.45, 2.75) is 4.90 Å². The second kappa shape index (κ2) is 9.35. The molecule has 0 saturated carbocycles. The maximum absolute atomic E-state index is 13.7. The first-order valence-electron chi connectivity index (χ1n) is 9.00. The smallest absolute Gasteiger partial charge is 0.340 e. The minimum absolute atomic E-state index is 0.164. The zero-order chi connectivity index (χ0) is 23.3. The number of nitro benzene ring substituents is 1. The minimum atomic E-state index is -4.28. The van der Waals surface area contributed by atoms with Crippen LogP contribution in [0.1, 0.15) is 20.7 Å². The van der Waals surface area contributed by atoms with E-state index in [2.05, 4.69) is 4.72 Å². The van der Waals surface area contributed by atoms with Crippen molar-refractivity contribution in [2.24, 2.45) is 0 Å². The van der Waals surface area contributed by atoms with Crippen LogP contribution in [0, 0.1) is 15.9 Å². The Morgan fingerprint density at radius 1 is 0.969 bits per heavy atom. The van der Waals surface area contributed by atoms with Crippen molar-refractivity contribution in [3.8, 4) is 0 Å². The van der Waals surface area contributed by atoms with E-state index < -0.39 is 44.8 Å². The molecule has 32 heavy (non-hydrogen) atoms. The molecule has 164 valence electrons. The zero-order valence-corrected chi connectivity index (χ0v) is 17.0. The monoisotopic (exact) mass is 458 g/mol. The van der Waals surface area contributed by atoms with Crippen molar-refractivity contribution in [2.75, 3.05) is 11.3 Å². The number of nitrogens with zero attached hydrogens (tertiary/aromatic N) is 1. The molecule has 0 aliphatic rings. The first-order chi connectivity index (χ1) is 15.2. The van der Waals surface area contributed by atoms with Gasteiger partial charge in [-0.25, -0.2) is 17.6 Å². The Hall–Kier alpha value is -4.12. The van der Waals surface area contributed by atoms with Crippen molar-refractivity contribution >= 4 is 33.2 Å². The van der Waals surface area contributed by atoms with Crippen LogP contribution in [-0.4, -0.2) is 31.7 Å². The lowest BCUT2D eigenvalue weighted by Gasteiger charge is -2.12. The third kappa shape index (κ3) is 5.13. The summed E-state index contributed by atoms with van der Waals surface area (Å²) in [7, 11) is -4.28. The number of hydrogen-bond donors (Lipinski definition) is 1. The van der Waals surface area contributed by atoms with Crippen molar-refractivity contribution in [3.63, 3.8) is 0 Å². The minimum Gasteiger partial charge on any atom is -0.454 e. The largest absolute Gasteiger partial charge is 0.454 e. The number of anilines is 1. The van der Waals surface area contributed by atoms with E-state index in [-0.39, 0.29) is 21.7 Å². The number of para-hydroxylation sites is 1. The number of halogens is 1. The molecule has 3 aromatic rings. The van der Waals surface area contributed by atoms with Crippen LogP contribution in [0.25, 0.3) is 0 Å². The summed E-state index contributed by atoms with van der Waals surface area (Å²) < 4.78 is 46.1. The zero-order valence-electron chi connectivity index (χ0n) is 16.2. The number of nitro groups is 1. The van der Waals surface area contributed by atoms with Gasteiger partial charge in [-0.1, -0.05) is 30.3 Å². The number of ether oxygens (including phenoxy) is 1.